The molecule has 0 aliphatic carbocycles. The van der Waals surface area contributed by atoms with Gasteiger partial charge in [0.15, 0.2) is 0 Å². The van der Waals surface area contributed by atoms with Crippen LogP contribution >= 0.6 is 0 Å². The normalized spacial score (nSPS) is 11.9. The zero-order valence-corrected chi connectivity index (χ0v) is 17.6. The van der Waals surface area contributed by atoms with Crippen molar-refractivity contribution in [2.75, 3.05) is 11.1 Å². The van der Waals surface area contributed by atoms with E-state index >= 15 is 0 Å². The van der Waals surface area contributed by atoms with Crippen molar-refractivity contribution in [3.8, 4) is 11.8 Å². The molecular weight excluding hydrogens is 390 g/mol. The van der Waals surface area contributed by atoms with Crippen molar-refractivity contribution in [2.24, 2.45) is 0 Å². The fourth-order valence-corrected chi connectivity index (χ4v) is 3.12. The molecule has 2 rings (SSSR count). The third-order valence-corrected chi connectivity index (χ3v) is 5.61. The van der Waals surface area contributed by atoms with Crippen molar-refractivity contribution < 1.29 is 17.4 Å². The Balaban J connectivity index is 2.20. The van der Waals surface area contributed by atoms with Gasteiger partial charge < -0.3 is 14.4 Å². The van der Waals surface area contributed by atoms with Crippen molar-refractivity contribution in [3.63, 3.8) is 0 Å². The molecule has 0 aliphatic heterocycles. The van der Waals surface area contributed by atoms with Crippen LogP contribution in [0, 0.1) is 11.3 Å². The van der Waals surface area contributed by atoms with Gasteiger partial charge in [-0.1, -0.05) is 25.1 Å². The number of urea groups is 1. The summed E-state index contributed by atoms with van der Waals surface area (Å²) in [5.74, 6) is 0.0935. The van der Waals surface area contributed by atoms with Crippen LogP contribution in [0.4, 0.5) is 10.5 Å². The van der Waals surface area contributed by atoms with Gasteiger partial charge in [-0.3, -0.25) is 0 Å². The lowest BCUT2D eigenvalue weighted by atomic mass is 10.1. The van der Waals surface area contributed by atoms with Gasteiger partial charge in [-0.15, -0.1) is 0 Å². The molecule has 0 aliphatic rings. The first-order valence-corrected chi connectivity index (χ1v) is 10.9. The largest absolute Gasteiger partial charge is 0.382 e. The molecule has 0 unspecified atom stereocenters. The summed E-state index contributed by atoms with van der Waals surface area (Å²) in [6, 6.07) is 15.1. The lowest BCUT2D eigenvalue weighted by Crippen LogP contribution is -2.40. The van der Waals surface area contributed by atoms with Crippen molar-refractivity contribution in [3.05, 3.63) is 59.7 Å². The summed E-state index contributed by atoms with van der Waals surface area (Å²) < 4.78 is 28.5. The van der Waals surface area contributed by atoms with Gasteiger partial charge in [-0.05, 0) is 56.2 Å². The molecule has 8 heteroatoms. The number of nitrogens with zero attached hydrogens (tertiary/aromatic N) is 2. The summed E-state index contributed by atoms with van der Waals surface area (Å²) in [7, 11) is -3.62. The second kappa shape index (κ2) is 9.94. The van der Waals surface area contributed by atoms with E-state index in [9.17, 15) is 13.2 Å². The zero-order chi connectivity index (χ0) is 21.4. The summed E-state index contributed by atoms with van der Waals surface area (Å²) in [5.41, 5.74) is 1.74. The minimum atomic E-state index is -3.62. The fraction of sp³-hybridized carbons (Fsp3) is 0.333. The highest BCUT2D eigenvalue weighted by Crippen LogP contribution is 2.20. The zero-order valence-electron chi connectivity index (χ0n) is 16.8. The van der Waals surface area contributed by atoms with Crippen LogP contribution < -0.4 is 9.50 Å². The third-order valence-electron chi connectivity index (χ3n) is 4.45. The number of nitrogens with one attached hydrogen (secondary N) is 1. The molecule has 0 saturated heterocycles. The number of anilines is 1. The van der Waals surface area contributed by atoms with Gasteiger partial charge in [0.2, 0.25) is 0 Å². The number of carbonyl (C=O) groups excluding carboxylic acids is 1. The maximum absolute atomic E-state index is 12.9. The predicted molar refractivity (Wildman–Crippen MR) is 112 cm³/mol. The van der Waals surface area contributed by atoms with Crippen molar-refractivity contribution in [2.45, 2.75) is 39.8 Å². The Kier molecular flexibility index (Phi) is 7.62. The Morgan fingerprint density at radius 3 is 2.59 bits per heavy atom. The second-order valence-electron chi connectivity index (χ2n) is 6.59. The van der Waals surface area contributed by atoms with E-state index < -0.39 is 10.1 Å². The molecule has 2 aromatic rings. The smallest absolute Gasteiger partial charge is 0.322 e. The molecule has 2 amide bonds. The van der Waals surface area contributed by atoms with Crippen LogP contribution in [0.2, 0.25) is 0 Å². The fourth-order valence-electron chi connectivity index (χ4n) is 2.61. The molecule has 0 radical (unpaired) electrons. The van der Waals surface area contributed by atoms with Crippen molar-refractivity contribution in [1.82, 2.24) is 4.90 Å². The maximum Gasteiger partial charge on any atom is 0.322 e. The van der Waals surface area contributed by atoms with Crippen LogP contribution in [-0.4, -0.2) is 31.1 Å². The molecule has 2 aromatic carbocycles. The monoisotopic (exact) mass is 415 g/mol. The third kappa shape index (κ3) is 6.50. The number of rotatable bonds is 8. The van der Waals surface area contributed by atoms with Gasteiger partial charge >= 0.3 is 16.1 Å². The topological polar surface area (TPSA) is 99.5 Å². The molecule has 154 valence electrons. The first-order chi connectivity index (χ1) is 13.8. The van der Waals surface area contributed by atoms with Gasteiger partial charge in [-0.2, -0.15) is 13.7 Å². The lowest BCUT2D eigenvalue weighted by molar-refractivity contribution is 0.187. The van der Waals surface area contributed by atoms with Crippen LogP contribution in [0.3, 0.4) is 0 Å². The number of benzene rings is 2. The standard InChI is InChI=1S/C21H25N3O4S/c1-4-16(3)24(21(25)23-19-10-6-8-17(12-19)14-22)15-18-9-7-11-20(13-18)28-29(26,27)5-2/h6-13,16H,4-5,15H2,1-3H3,(H,23,25)/t16-/m1/s1. The SMILES string of the molecule is CC[C@@H](C)N(Cc1cccc(OS(=O)(=O)CC)c1)C(=O)Nc1cccc(C#N)c1. The van der Waals surface area contributed by atoms with Crippen LogP contribution in [0.25, 0.3) is 0 Å². The molecule has 0 fully saturated rings. The van der Waals surface area contributed by atoms with Crippen LogP contribution in [-0.2, 0) is 16.7 Å². The van der Waals surface area contributed by atoms with E-state index in [0.29, 0.717) is 11.3 Å². The summed E-state index contributed by atoms with van der Waals surface area (Å²) in [6.45, 7) is 5.71. The highest BCUT2D eigenvalue weighted by Gasteiger charge is 2.20. The van der Waals surface area contributed by atoms with Gasteiger partial charge in [0, 0.05) is 18.3 Å². The minimum Gasteiger partial charge on any atom is -0.382 e. The van der Waals surface area contributed by atoms with E-state index in [-0.39, 0.29) is 30.1 Å². The molecular formula is C21H25N3O4S. The first kappa shape index (κ1) is 22.2. The molecule has 0 spiro atoms. The summed E-state index contributed by atoms with van der Waals surface area (Å²) in [5, 5.41) is 11.8. The van der Waals surface area contributed by atoms with E-state index in [4.69, 9.17) is 9.44 Å². The second-order valence-corrected chi connectivity index (χ2v) is 8.44. The number of hydrogen-bond acceptors (Lipinski definition) is 5. The summed E-state index contributed by atoms with van der Waals surface area (Å²) >= 11 is 0. The highest BCUT2D eigenvalue weighted by molar-refractivity contribution is 7.87. The minimum absolute atomic E-state index is 0.0573. The van der Waals surface area contributed by atoms with Crippen molar-refractivity contribution >= 4 is 21.8 Å². The summed E-state index contributed by atoms with van der Waals surface area (Å²) in [4.78, 5) is 14.5. The van der Waals surface area contributed by atoms with Gasteiger partial charge in [0.25, 0.3) is 0 Å². The van der Waals surface area contributed by atoms with Gasteiger partial charge in [0.1, 0.15) is 5.75 Å². The molecule has 0 saturated carbocycles. The number of hydrogen-bond donors (Lipinski definition) is 1. The predicted octanol–water partition coefficient (Wildman–Crippen LogP) is 4.12. The van der Waals surface area contributed by atoms with Gasteiger partial charge in [0.05, 0.1) is 17.4 Å². The quantitative estimate of drug-likeness (QED) is 0.654. The average molecular weight is 416 g/mol. The summed E-state index contributed by atoms with van der Waals surface area (Å²) in [6.07, 6.45) is 0.742. The molecule has 29 heavy (non-hydrogen) atoms. The van der Waals surface area contributed by atoms with Crippen molar-refractivity contribution in [1.29, 1.82) is 5.26 Å². The average Bonchev–Trinajstić information content (AvgIpc) is 2.71. The lowest BCUT2D eigenvalue weighted by Gasteiger charge is -2.29. The first-order valence-electron chi connectivity index (χ1n) is 9.36. The van der Waals surface area contributed by atoms with E-state index in [1.807, 2.05) is 26.0 Å². The van der Waals surface area contributed by atoms with E-state index in [1.54, 1.807) is 47.4 Å². The molecule has 0 bridgehead atoms. The highest BCUT2D eigenvalue weighted by atomic mass is 32.2. The van der Waals surface area contributed by atoms with E-state index in [1.165, 1.54) is 6.92 Å². The Morgan fingerprint density at radius 2 is 1.93 bits per heavy atom. The maximum atomic E-state index is 12.9. The Hall–Kier alpha value is -3.05. The van der Waals surface area contributed by atoms with E-state index in [0.717, 1.165) is 12.0 Å². The van der Waals surface area contributed by atoms with Crippen LogP contribution in [0.5, 0.6) is 5.75 Å². The molecule has 1 atom stereocenters. The molecule has 7 nitrogen and oxygen atoms in total. The molecule has 0 aromatic heterocycles. The Bertz CT molecular complexity index is 999. The Labute approximate surface area is 172 Å². The van der Waals surface area contributed by atoms with Crippen LogP contribution in [0.1, 0.15) is 38.3 Å². The number of amides is 2. The molecule has 1 N–H and O–H groups in total. The molecule has 0 heterocycles. The Morgan fingerprint density at radius 1 is 1.21 bits per heavy atom. The van der Waals surface area contributed by atoms with Crippen LogP contribution in [0.15, 0.2) is 48.5 Å². The number of nitriles is 1. The van der Waals surface area contributed by atoms with Gasteiger partial charge in [-0.25, -0.2) is 4.79 Å². The number of carbonyl (C=O) groups is 1. The van der Waals surface area contributed by atoms with E-state index in [2.05, 4.69) is 5.32 Å².